The van der Waals surface area contributed by atoms with Gasteiger partial charge >= 0.3 is 5.97 Å². The van der Waals surface area contributed by atoms with Gasteiger partial charge in [0, 0.05) is 5.56 Å². The Balaban J connectivity index is 2.11. The summed E-state index contributed by atoms with van der Waals surface area (Å²) in [7, 11) is -2.41. The highest BCUT2D eigenvalue weighted by Crippen LogP contribution is 2.16. The number of hydrogen-bond donors (Lipinski definition) is 1. The van der Waals surface area contributed by atoms with E-state index >= 15 is 0 Å². The average molecular weight is 391 g/mol. The number of carbonyl (C=O) groups excluding carboxylic acids is 2. The molecular formula is C19H21NO6S. The second-order valence-corrected chi connectivity index (χ2v) is 7.49. The summed E-state index contributed by atoms with van der Waals surface area (Å²) in [5.41, 5.74) is 0.419. The Hall–Kier alpha value is -2.71. The number of hydrogen-bond acceptors (Lipinski definition) is 6. The van der Waals surface area contributed by atoms with Crippen molar-refractivity contribution in [3.8, 4) is 5.75 Å². The van der Waals surface area contributed by atoms with Gasteiger partial charge in [0.25, 0.3) is 0 Å². The van der Waals surface area contributed by atoms with Crippen molar-refractivity contribution in [2.45, 2.75) is 24.8 Å². The van der Waals surface area contributed by atoms with E-state index in [1.54, 1.807) is 24.3 Å². The van der Waals surface area contributed by atoms with Gasteiger partial charge in [-0.3, -0.25) is 4.79 Å². The van der Waals surface area contributed by atoms with Crippen molar-refractivity contribution in [3.63, 3.8) is 0 Å². The van der Waals surface area contributed by atoms with Crippen molar-refractivity contribution in [3.05, 3.63) is 59.7 Å². The van der Waals surface area contributed by atoms with Crippen LogP contribution < -0.4 is 9.46 Å². The van der Waals surface area contributed by atoms with Crippen molar-refractivity contribution in [1.29, 1.82) is 0 Å². The number of ketones is 1. The monoisotopic (exact) mass is 391 g/mol. The molecule has 0 bridgehead atoms. The van der Waals surface area contributed by atoms with Crippen LogP contribution >= 0.6 is 0 Å². The lowest BCUT2D eigenvalue weighted by molar-refractivity contribution is 0.0318. The van der Waals surface area contributed by atoms with Gasteiger partial charge in [-0.1, -0.05) is 6.07 Å². The summed E-state index contributed by atoms with van der Waals surface area (Å²) in [6.45, 7) is 3.84. The van der Waals surface area contributed by atoms with Crippen molar-refractivity contribution in [2.75, 3.05) is 13.7 Å². The number of benzene rings is 2. The van der Waals surface area contributed by atoms with E-state index in [0.29, 0.717) is 17.9 Å². The third kappa shape index (κ3) is 5.15. The van der Waals surface area contributed by atoms with Gasteiger partial charge in [-0.25, -0.2) is 17.9 Å². The highest BCUT2D eigenvalue weighted by molar-refractivity contribution is 7.89. The fourth-order valence-electron chi connectivity index (χ4n) is 2.31. The summed E-state index contributed by atoms with van der Waals surface area (Å²) in [5.74, 6) is -0.512. The van der Waals surface area contributed by atoms with E-state index in [0.717, 1.165) is 0 Å². The van der Waals surface area contributed by atoms with E-state index in [9.17, 15) is 18.0 Å². The van der Waals surface area contributed by atoms with E-state index in [-0.39, 0.29) is 16.2 Å². The molecule has 0 radical (unpaired) electrons. The Morgan fingerprint density at radius 1 is 1.07 bits per heavy atom. The molecule has 144 valence electrons. The van der Waals surface area contributed by atoms with E-state index < -0.39 is 22.1 Å². The Morgan fingerprint density at radius 2 is 1.74 bits per heavy atom. The molecule has 0 aromatic heterocycles. The summed E-state index contributed by atoms with van der Waals surface area (Å²) >= 11 is 0. The number of ether oxygens (including phenoxy) is 2. The minimum absolute atomic E-state index is 0.0395. The first-order valence-electron chi connectivity index (χ1n) is 8.30. The fraction of sp³-hybridized carbons (Fsp3) is 0.263. The molecule has 8 heteroatoms. The largest absolute Gasteiger partial charge is 0.494 e. The fourth-order valence-corrected chi connectivity index (χ4v) is 3.08. The maximum atomic E-state index is 12.4. The van der Waals surface area contributed by atoms with Crippen LogP contribution in [0, 0.1) is 0 Å². The number of nitrogens with one attached hydrogen (secondary N) is 1. The molecule has 7 nitrogen and oxygen atoms in total. The lowest BCUT2D eigenvalue weighted by atomic mass is 10.1. The molecule has 0 aliphatic carbocycles. The van der Waals surface area contributed by atoms with Crippen LogP contribution in [0.15, 0.2) is 53.4 Å². The molecule has 2 aromatic rings. The van der Waals surface area contributed by atoms with Gasteiger partial charge in [0.05, 0.1) is 17.1 Å². The van der Waals surface area contributed by atoms with E-state index in [1.165, 1.54) is 38.2 Å². The summed E-state index contributed by atoms with van der Waals surface area (Å²) < 4.78 is 36.4. The summed E-state index contributed by atoms with van der Waals surface area (Å²) in [4.78, 5) is 24.7. The van der Waals surface area contributed by atoms with E-state index in [2.05, 4.69) is 4.72 Å². The molecule has 0 aliphatic rings. The number of sulfonamides is 1. The lowest BCUT2D eigenvalue weighted by Crippen LogP contribution is -2.25. The minimum atomic E-state index is -3.69. The number of Topliss-reactive ketones (excluding diaryl/α,β-unsaturated/α-hetero) is 1. The van der Waals surface area contributed by atoms with Gasteiger partial charge in [-0.05, 0) is 63.4 Å². The van der Waals surface area contributed by atoms with Gasteiger partial charge in [0.2, 0.25) is 15.8 Å². The van der Waals surface area contributed by atoms with Crippen LogP contribution in [0.1, 0.15) is 34.6 Å². The topological polar surface area (TPSA) is 98.8 Å². The molecule has 1 N–H and O–H groups in total. The molecule has 0 spiro atoms. The maximum Gasteiger partial charge on any atom is 0.338 e. The van der Waals surface area contributed by atoms with Gasteiger partial charge in [0.1, 0.15) is 5.75 Å². The zero-order chi connectivity index (χ0) is 20.0. The second kappa shape index (κ2) is 8.79. The van der Waals surface area contributed by atoms with Crippen LogP contribution in [-0.4, -0.2) is 39.9 Å². The number of esters is 1. The third-order valence-corrected chi connectivity index (χ3v) is 5.16. The highest BCUT2D eigenvalue weighted by atomic mass is 32.2. The van der Waals surface area contributed by atoms with E-state index in [4.69, 9.17) is 9.47 Å². The molecule has 0 amide bonds. The molecule has 0 aliphatic heterocycles. The SMILES string of the molecule is CCOc1ccc(C(=O)[C@H](C)OC(=O)c2cccc(S(=O)(=O)NC)c2)cc1. The molecule has 0 saturated heterocycles. The average Bonchev–Trinajstić information content (AvgIpc) is 2.68. The van der Waals surface area contributed by atoms with Crippen LogP contribution in [0.25, 0.3) is 0 Å². The molecule has 0 heterocycles. The molecule has 27 heavy (non-hydrogen) atoms. The van der Waals surface area contributed by atoms with Gasteiger partial charge < -0.3 is 9.47 Å². The number of carbonyl (C=O) groups is 2. The molecule has 0 saturated carbocycles. The zero-order valence-electron chi connectivity index (χ0n) is 15.3. The minimum Gasteiger partial charge on any atom is -0.494 e. The normalized spacial score (nSPS) is 12.3. The molecule has 2 rings (SSSR count). The first kappa shape index (κ1) is 20.6. The van der Waals surface area contributed by atoms with Crippen LogP contribution in [-0.2, 0) is 14.8 Å². The van der Waals surface area contributed by atoms with Crippen molar-refractivity contribution in [1.82, 2.24) is 4.72 Å². The van der Waals surface area contributed by atoms with E-state index in [1.807, 2.05) is 6.92 Å². The van der Waals surface area contributed by atoms with Crippen LogP contribution in [0.4, 0.5) is 0 Å². The summed E-state index contributed by atoms with van der Waals surface area (Å²) in [6, 6.07) is 11.9. The summed E-state index contributed by atoms with van der Waals surface area (Å²) in [5, 5.41) is 0. The van der Waals surface area contributed by atoms with Crippen molar-refractivity contribution < 1.29 is 27.5 Å². The quantitative estimate of drug-likeness (QED) is 0.548. The highest BCUT2D eigenvalue weighted by Gasteiger charge is 2.22. The van der Waals surface area contributed by atoms with Crippen LogP contribution in [0.3, 0.4) is 0 Å². The summed E-state index contributed by atoms with van der Waals surface area (Å²) in [6.07, 6.45) is -1.03. The molecule has 2 aromatic carbocycles. The molecule has 0 fully saturated rings. The van der Waals surface area contributed by atoms with Crippen LogP contribution in [0.5, 0.6) is 5.75 Å². The smallest absolute Gasteiger partial charge is 0.338 e. The van der Waals surface area contributed by atoms with Crippen molar-refractivity contribution >= 4 is 21.8 Å². The standard InChI is InChI=1S/C19H21NO6S/c1-4-25-16-10-8-14(9-11-16)18(21)13(2)26-19(22)15-6-5-7-17(12-15)27(23,24)20-3/h5-13,20H,4H2,1-3H3/t13-/m0/s1. The molecular weight excluding hydrogens is 370 g/mol. The maximum absolute atomic E-state index is 12.4. The van der Waals surface area contributed by atoms with Crippen LogP contribution in [0.2, 0.25) is 0 Å². The predicted octanol–water partition coefficient (Wildman–Crippen LogP) is 2.42. The lowest BCUT2D eigenvalue weighted by Gasteiger charge is -2.13. The Kier molecular flexibility index (Phi) is 6.70. The predicted molar refractivity (Wildman–Crippen MR) is 99.5 cm³/mol. The Bertz CT molecular complexity index is 921. The zero-order valence-corrected chi connectivity index (χ0v) is 16.1. The Labute approximate surface area is 158 Å². The molecule has 1 atom stereocenters. The Morgan fingerprint density at radius 3 is 2.33 bits per heavy atom. The van der Waals surface area contributed by atoms with Gasteiger partial charge in [-0.15, -0.1) is 0 Å². The van der Waals surface area contributed by atoms with Gasteiger partial charge in [0.15, 0.2) is 6.10 Å². The van der Waals surface area contributed by atoms with Crippen molar-refractivity contribution in [2.24, 2.45) is 0 Å². The molecule has 0 unspecified atom stereocenters. The first-order valence-corrected chi connectivity index (χ1v) is 9.78. The number of rotatable bonds is 8. The third-order valence-electron chi connectivity index (χ3n) is 3.75. The first-order chi connectivity index (χ1) is 12.8. The van der Waals surface area contributed by atoms with Gasteiger partial charge in [-0.2, -0.15) is 0 Å². The second-order valence-electron chi connectivity index (χ2n) is 5.60.